The molecule has 0 radical (unpaired) electrons. The number of nitrogens with one attached hydrogen (secondary N) is 1. The van der Waals surface area contributed by atoms with Crippen LogP contribution in [0.15, 0.2) is 48.5 Å². The number of amides is 1. The van der Waals surface area contributed by atoms with E-state index in [2.05, 4.69) is 5.32 Å². The third kappa shape index (κ3) is 5.72. The molecule has 0 unspecified atom stereocenters. The summed E-state index contributed by atoms with van der Waals surface area (Å²) in [6.45, 7) is 2.29. The van der Waals surface area contributed by atoms with Crippen LogP contribution in [0.2, 0.25) is 0 Å². The molecule has 0 aliphatic heterocycles. The zero-order valence-electron chi connectivity index (χ0n) is 13.7. The highest BCUT2D eigenvalue weighted by atomic mass is 16.6. The summed E-state index contributed by atoms with van der Waals surface area (Å²) in [7, 11) is 0. The molecule has 1 amide bonds. The summed E-state index contributed by atoms with van der Waals surface area (Å²) in [5, 5.41) is 13.1. The van der Waals surface area contributed by atoms with Crippen LogP contribution in [0.3, 0.4) is 0 Å². The fourth-order valence-corrected chi connectivity index (χ4v) is 2.03. The summed E-state index contributed by atoms with van der Waals surface area (Å²) in [6.07, 6.45) is 0.0462. The van der Waals surface area contributed by atoms with Crippen molar-refractivity contribution in [2.24, 2.45) is 0 Å². The molecule has 2 rings (SSSR count). The van der Waals surface area contributed by atoms with Crippen LogP contribution in [0.25, 0.3) is 0 Å². The highest BCUT2D eigenvalue weighted by molar-refractivity contribution is 5.94. The van der Waals surface area contributed by atoms with Gasteiger partial charge in [0.1, 0.15) is 6.61 Å². The van der Waals surface area contributed by atoms with Gasteiger partial charge in [-0.1, -0.05) is 29.8 Å². The Morgan fingerprint density at radius 2 is 1.72 bits per heavy atom. The molecular weight excluding hydrogens is 324 g/mol. The van der Waals surface area contributed by atoms with Crippen molar-refractivity contribution in [1.29, 1.82) is 0 Å². The molecule has 0 aromatic heterocycles. The number of rotatable bonds is 7. The minimum Gasteiger partial charge on any atom is -0.461 e. The van der Waals surface area contributed by atoms with Crippen molar-refractivity contribution in [3.05, 3.63) is 75.3 Å². The summed E-state index contributed by atoms with van der Waals surface area (Å²) in [5.41, 5.74) is 2.23. The van der Waals surface area contributed by atoms with Crippen molar-refractivity contribution in [2.45, 2.75) is 20.0 Å². The monoisotopic (exact) mass is 342 g/mol. The van der Waals surface area contributed by atoms with E-state index < -0.39 is 16.8 Å². The largest absolute Gasteiger partial charge is 0.461 e. The van der Waals surface area contributed by atoms with Gasteiger partial charge >= 0.3 is 5.97 Å². The van der Waals surface area contributed by atoms with Gasteiger partial charge in [-0.05, 0) is 24.6 Å². The van der Waals surface area contributed by atoms with E-state index in [-0.39, 0.29) is 25.3 Å². The third-order valence-corrected chi connectivity index (χ3v) is 3.48. The predicted octanol–water partition coefficient (Wildman–Crippen LogP) is 2.77. The van der Waals surface area contributed by atoms with Crippen molar-refractivity contribution in [2.75, 3.05) is 6.54 Å². The van der Waals surface area contributed by atoms with Gasteiger partial charge in [0.15, 0.2) is 0 Å². The maximum absolute atomic E-state index is 11.9. The summed E-state index contributed by atoms with van der Waals surface area (Å²) < 4.78 is 5.13. The maximum atomic E-state index is 11.9. The van der Waals surface area contributed by atoms with Crippen LogP contribution < -0.4 is 5.32 Å². The minimum atomic E-state index is -0.536. The van der Waals surface area contributed by atoms with Crippen molar-refractivity contribution >= 4 is 17.6 Å². The lowest BCUT2D eigenvalue weighted by atomic mass is 10.2. The lowest BCUT2D eigenvalue weighted by molar-refractivity contribution is -0.384. The standard InChI is InChI=1S/C18H18N2O5/c1-13-2-4-14(5-3-13)12-25-17(21)10-11-19-18(22)15-6-8-16(9-7-15)20(23)24/h2-9H,10-12H2,1H3,(H,19,22). The number of esters is 1. The molecule has 0 aliphatic carbocycles. The van der Waals surface area contributed by atoms with E-state index in [1.165, 1.54) is 24.3 Å². The third-order valence-electron chi connectivity index (χ3n) is 3.48. The number of hydrogen-bond donors (Lipinski definition) is 1. The van der Waals surface area contributed by atoms with E-state index >= 15 is 0 Å². The molecule has 0 fully saturated rings. The van der Waals surface area contributed by atoms with E-state index in [0.717, 1.165) is 11.1 Å². The average molecular weight is 342 g/mol. The molecule has 7 heteroatoms. The molecule has 0 atom stereocenters. The number of benzene rings is 2. The van der Waals surface area contributed by atoms with Gasteiger partial charge in [0.05, 0.1) is 11.3 Å². The molecule has 1 N–H and O–H groups in total. The van der Waals surface area contributed by atoms with Gasteiger partial charge in [0.2, 0.25) is 0 Å². The number of carbonyl (C=O) groups is 2. The second kappa shape index (κ2) is 8.58. The van der Waals surface area contributed by atoms with Gasteiger partial charge in [0, 0.05) is 24.2 Å². The Morgan fingerprint density at radius 3 is 2.32 bits per heavy atom. The summed E-state index contributed by atoms with van der Waals surface area (Å²) in [4.78, 5) is 33.6. The molecule has 25 heavy (non-hydrogen) atoms. The number of nitro groups is 1. The Bertz CT molecular complexity index is 754. The van der Waals surface area contributed by atoms with Gasteiger partial charge in [0.25, 0.3) is 11.6 Å². The Labute approximate surface area is 144 Å². The first-order chi connectivity index (χ1) is 12.0. The molecule has 7 nitrogen and oxygen atoms in total. The SMILES string of the molecule is Cc1ccc(COC(=O)CCNC(=O)c2ccc([N+](=O)[O-])cc2)cc1. The lowest BCUT2D eigenvalue weighted by Crippen LogP contribution is -2.26. The number of nitrogens with zero attached hydrogens (tertiary/aromatic N) is 1. The Hall–Kier alpha value is -3.22. The van der Waals surface area contributed by atoms with Crippen LogP contribution >= 0.6 is 0 Å². The van der Waals surface area contributed by atoms with Gasteiger partial charge < -0.3 is 10.1 Å². The zero-order chi connectivity index (χ0) is 18.2. The zero-order valence-corrected chi connectivity index (χ0v) is 13.7. The number of carbonyl (C=O) groups excluding carboxylic acids is 2. The molecule has 2 aromatic rings. The molecule has 0 heterocycles. The second-order valence-corrected chi connectivity index (χ2v) is 5.46. The van der Waals surface area contributed by atoms with Crippen LogP contribution in [-0.2, 0) is 16.1 Å². The van der Waals surface area contributed by atoms with Gasteiger partial charge in [-0.3, -0.25) is 19.7 Å². The lowest BCUT2D eigenvalue weighted by Gasteiger charge is -2.07. The first-order valence-corrected chi connectivity index (χ1v) is 7.69. The second-order valence-electron chi connectivity index (χ2n) is 5.46. The van der Waals surface area contributed by atoms with E-state index in [1.807, 2.05) is 31.2 Å². The molecular formula is C18H18N2O5. The fraction of sp³-hybridized carbons (Fsp3) is 0.222. The average Bonchev–Trinajstić information content (AvgIpc) is 2.61. The molecule has 130 valence electrons. The molecule has 2 aromatic carbocycles. The van der Waals surface area contributed by atoms with E-state index in [0.29, 0.717) is 5.56 Å². The van der Waals surface area contributed by atoms with E-state index in [1.54, 1.807) is 0 Å². The quantitative estimate of drug-likeness (QED) is 0.474. The highest BCUT2D eigenvalue weighted by Crippen LogP contribution is 2.11. The summed E-state index contributed by atoms with van der Waals surface area (Å²) in [6, 6.07) is 12.9. The molecule has 0 saturated carbocycles. The number of ether oxygens (including phenoxy) is 1. The van der Waals surface area contributed by atoms with Crippen LogP contribution in [0, 0.1) is 17.0 Å². The van der Waals surface area contributed by atoms with Crippen LogP contribution in [0.4, 0.5) is 5.69 Å². The van der Waals surface area contributed by atoms with Crippen molar-refractivity contribution < 1.29 is 19.2 Å². The highest BCUT2D eigenvalue weighted by Gasteiger charge is 2.10. The van der Waals surface area contributed by atoms with Gasteiger partial charge in [-0.25, -0.2) is 0 Å². The number of aryl methyl sites for hydroxylation is 1. The normalized spacial score (nSPS) is 10.1. The Kier molecular flexibility index (Phi) is 6.22. The van der Waals surface area contributed by atoms with Crippen LogP contribution in [0.1, 0.15) is 27.9 Å². The van der Waals surface area contributed by atoms with Crippen molar-refractivity contribution in [1.82, 2.24) is 5.32 Å². The van der Waals surface area contributed by atoms with Crippen LogP contribution in [0.5, 0.6) is 0 Å². The van der Waals surface area contributed by atoms with Gasteiger partial charge in [-0.15, -0.1) is 0 Å². The first kappa shape index (κ1) is 18.1. The van der Waals surface area contributed by atoms with Crippen molar-refractivity contribution in [3.8, 4) is 0 Å². The number of non-ortho nitro benzene ring substituents is 1. The molecule has 0 spiro atoms. The first-order valence-electron chi connectivity index (χ1n) is 7.69. The fourth-order valence-electron chi connectivity index (χ4n) is 2.03. The summed E-state index contributed by atoms with van der Waals surface area (Å²) >= 11 is 0. The maximum Gasteiger partial charge on any atom is 0.307 e. The number of hydrogen-bond acceptors (Lipinski definition) is 5. The molecule has 0 bridgehead atoms. The Balaban J connectivity index is 1.72. The number of nitro benzene ring substituents is 1. The van der Waals surface area contributed by atoms with E-state index in [9.17, 15) is 19.7 Å². The summed E-state index contributed by atoms with van der Waals surface area (Å²) in [5.74, 6) is -0.814. The van der Waals surface area contributed by atoms with Crippen molar-refractivity contribution in [3.63, 3.8) is 0 Å². The molecule has 0 saturated heterocycles. The predicted molar refractivity (Wildman–Crippen MR) is 91.0 cm³/mol. The Morgan fingerprint density at radius 1 is 1.08 bits per heavy atom. The topological polar surface area (TPSA) is 98.5 Å². The van der Waals surface area contributed by atoms with Crippen LogP contribution in [-0.4, -0.2) is 23.3 Å². The van der Waals surface area contributed by atoms with Gasteiger partial charge in [-0.2, -0.15) is 0 Å². The van der Waals surface area contributed by atoms with E-state index in [4.69, 9.17) is 4.74 Å². The molecule has 0 aliphatic rings. The smallest absolute Gasteiger partial charge is 0.307 e. The minimum absolute atomic E-state index is 0.0462.